The molecular weight excluding hydrogens is 372 g/mol. The Morgan fingerprint density at radius 2 is 1.75 bits per heavy atom. The number of rotatable bonds is 6. The van der Waals surface area contributed by atoms with Gasteiger partial charge in [0, 0.05) is 0 Å². The Balaban J connectivity index is 1.85. The lowest BCUT2D eigenvalue weighted by Gasteiger charge is -2.16. The highest BCUT2D eigenvalue weighted by atomic mass is 32.1. The maximum absolute atomic E-state index is 13.0. The second-order valence-electron chi connectivity index (χ2n) is 6.27. The van der Waals surface area contributed by atoms with Crippen molar-refractivity contribution < 1.29 is 9.53 Å². The van der Waals surface area contributed by atoms with Crippen molar-refractivity contribution in [3.05, 3.63) is 101 Å². The lowest BCUT2D eigenvalue weighted by molar-refractivity contribution is -0.148. The Bertz CT molecular complexity index is 1050. The predicted octanol–water partition coefficient (Wildman–Crippen LogP) is 3.90. The largest absolute Gasteiger partial charge is 0.459 e. The van der Waals surface area contributed by atoms with Crippen LogP contribution in [0.1, 0.15) is 29.7 Å². The van der Waals surface area contributed by atoms with E-state index in [1.54, 1.807) is 6.92 Å². The molecule has 1 atom stereocenters. The van der Waals surface area contributed by atoms with Gasteiger partial charge in [-0.3, -0.25) is 9.36 Å². The van der Waals surface area contributed by atoms with Gasteiger partial charge < -0.3 is 4.74 Å². The van der Waals surface area contributed by atoms with Gasteiger partial charge >= 0.3 is 5.97 Å². The van der Waals surface area contributed by atoms with Crippen molar-refractivity contribution in [3.63, 3.8) is 0 Å². The van der Waals surface area contributed by atoms with E-state index in [9.17, 15) is 9.59 Å². The highest BCUT2D eigenvalue weighted by Crippen LogP contribution is 2.23. The number of ether oxygens (including phenoxy) is 1. The van der Waals surface area contributed by atoms with Crippen molar-refractivity contribution in [1.29, 1.82) is 0 Å². The standard InChI is InChI=1S/C22H20N2O3S/c1-15(18-11-7-4-8-12-18)19-20(28)23-14-24(21(19)25)16(2)22(26)27-13-17-9-5-3-6-10-17/h3-12,14,16,28H,1,13H2,2H3. The number of nitrogens with zero attached hydrogens (tertiary/aromatic N) is 2. The van der Waals surface area contributed by atoms with E-state index in [-0.39, 0.29) is 17.2 Å². The molecule has 1 aromatic heterocycles. The molecule has 0 radical (unpaired) electrons. The number of hydrogen-bond acceptors (Lipinski definition) is 5. The van der Waals surface area contributed by atoms with E-state index in [1.807, 2.05) is 60.7 Å². The van der Waals surface area contributed by atoms with Crippen molar-refractivity contribution in [1.82, 2.24) is 9.55 Å². The first-order valence-corrected chi connectivity index (χ1v) is 9.19. The van der Waals surface area contributed by atoms with Crippen molar-refractivity contribution in [3.8, 4) is 0 Å². The molecule has 0 spiro atoms. The third-order valence-corrected chi connectivity index (χ3v) is 4.72. The van der Waals surface area contributed by atoms with Gasteiger partial charge in [-0.2, -0.15) is 0 Å². The van der Waals surface area contributed by atoms with E-state index in [4.69, 9.17) is 4.74 Å². The molecule has 1 unspecified atom stereocenters. The fourth-order valence-corrected chi connectivity index (χ4v) is 3.03. The minimum atomic E-state index is -0.833. The molecule has 5 nitrogen and oxygen atoms in total. The van der Waals surface area contributed by atoms with Gasteiger partial charge in [-0.15, -0.1) is 12.6 Å². The van der Waals surface area contributed by atoms with Crippen molar-refractivity contribution in [2.24, 2.45) is 0 Å². The van der Waals surface area contributed by atoms with E-state index in [2.05, 4.69) is 24.2 Å². The van der Waals surface area contributed by atoms with Gasteiger partial charge in [-0.25, -0.2) is 9.78 Å². The first-order valence-electron chi connectivity index (χ1n) is 8.74. The van der Waals surface area contributed by atoms with E-state index in [0.717, 1.165) is 11.1 Å². The second kappa shape index (κ2) is 8.71. The summed E-state index contributed by atoms with van der Waals surface area (Å²) in [4.78, 5) is 29.7. The molecule has 0 saturated heterocycles. The van der Waals surface area contributed by atoms with E-state index in [0.29, 0.717) is 5.57 Å². The van der Waals surface area contributed by atoms with Crippen LogP contribution in [0.15, 0.2) is 83.4 Å². The van der Waals surface area contributed by atoms with Crippen LogP contribution in [0.25, 0.3) is 5.57 Å². The summed E-state index contributed by atoms with van der Waals surface area (Å²) in [7, 11) is 0. The molecule has 0 aliphatic carbocycles. The molecular formula is C22H20N2O3S. The second-order valence-corrected chi connectivity index (χ2v) is 6.69. The first kappa shape index (κ1) is 19.6. The SMILES string of the molecule is C=C(c1ccccc1)c1c(S)ncn(C(C)C(=O)OCc2ccccc2)c1=O. The van der Waals surface area contributed by atoms with E-state index >= 15 is 0 Å². The molecule has 3 aromatic rings. The van der Waals surface area contributed by atoms with Gasteiger partial charge in [0.2, 0.25) is 0 Å². The topological polar surface area (TPSA) is 61.2 Å². The first-order chi connectivity index (χ1) is 13.5. The summed E-state index contributed by atoms with van der Waals surface area (Å²) in [5.74, 6) is -0.518. The summed E-state index contributed by atoms with van der Waals surface area (Å²) >= 11 is 4.31. The summed E-state index contributed by atoms with van der Waals surface area (Å²) < 4.78 is 6.59. The highest BCUT2D eigenvalue weighted by Gasteiger charge is 2.22. The van der Waals surface area contributed by atoms with Gasteiger partial charge in [0.05, 0.1) is 11.9 Å². The smallest absolute Gasteiger partial charge is 0.329 e. The van der Waals surface area contributed by atoms with Gasteiger partial charge in [-0.1, -0.05) is 67.2 Å². The number of thiol groups is 1. The molecule has 1 heterocycles. The maximum Gasteiger partial charge on any atom is 0.329 e. The van der Waals surface area contributed by atoms with Gasteiger partial charge in [-0.05, 0) is 23.6 Å². The maximum atomic E-state index is 13.0. The monoisotopic (exact) mass is 392 g/mol. The van der Waals surface area contributed by atoms with Crippen molar-refractivity contribution >= 4 is 24.2 Å². The molecule has 142 valence electrons. The Hall–Kier alpha value is -3.12. The summed E-state index contributed by atoms with van der Waals surface area (Å²) in [6.07, 6.45) is 1.31. The van der Waals surface area contributed by atoms with Crippen LogP contribution in [-0.2, 0) is 16.1 Å². The third-order valence-electron chi connectivity index (χ3n) is 4.38. The number of aromatic nitrogens is 2. The predicted molar refractivity (Wildman–Crippen MR) is 111 cm³/mol. The number of carbonyl (C=O) groups is 1. The highest BCUT2D eigenvalue weighted by molar-refractivity contribution is 7.80. The molecule has 0 saturated carbocycles. The summed E-state index contributed by atoms with van der Waals surface area (Å²) in [6, 6.07) is 17.8. The molecule has 0 aliphatic rings. The Kier molecular flexibility index (Phi) is 6.11. The van der Waals surface area contributed by atoms with Gasteiger partial charge in [0.15, 0.2) is 0 Å². The van der Waals surface area contributed by atoms with Crippen LogP contribution in [0.3, 0.4) is 0 Å². The minimum Gasteiger partial charge on any atom is -0.459 e. The van der Waals surface area contributed by atoms with Crippen LogP contribution >= 0.6 is 12.6 Å². The van der Waals surface area contributed by atoms with Crippen LogP contribution in [0.4, 0.5) is 0 Å². The van der Waals surface area contributed by atoms with E-state index in [1.165, 1.54) is 10.9 Å². The third kappa shape index (κ3) is 4.23. The zero-order valence-corrected chi connectivity index (χ0v) is 16.3. The van der Waals surface area contributed by atoms with Crippen molar-refractivity contribution in [2.75, 3.05) is 0 Å². The van der Waals surface area contributed by atoms with Crippen LogP contribution < -0.4 is 5.56 Å². The fraction of sp³-hybridized carbons (Fsp3) is 0.136. The summed E-state index contributed by atoms with van der Waals surface area (Å²) in [5.41, 5.74) is 2.03. The molecule has 0 bridgehead atoms. The zero-order chi connectivity index (χ0) is 20.1. The van der Waals surface area contributed by atoms with Crippen LogP contribution in [-0.4, -0.2) is 15.5 Å². The van der Waals surface area contributed by atoms with Gasteiger partial charge in [0.1, 0.15) is 17.7 Å². The molecule has 0 aliphatic heterocycles. The minimum absolute atomic E-state index is 0.139. The van der Waals surface area contributed by atoms with Gasteiger partial charge in [0.25, 0.3) is 5.56 Å². The molecule has 6 heteroatoms. The van der Waals surface area contributed by atoms with Crippen LogP contribution in [0.2, 0.25) is 0 Å². The summed E-state index contributed by atoms with van der Waals surface area (Å²) in [5, 5.41) is 0.264. The number of hydrogen-bond donors (Lipinski definition) is 1. The Morgan fingerprint density at radius 3 is 2.39 bits per heavy atom. The number of esters is 1. The lowest BCUT2D eigenvalue weighted by Crippen LogP contribution is -2.31. The normalized spacial score (nSPS) is 11.6. The number of carbonyl (C=O) groups excluding carboxylic acids is 1. The summed E-state index contributed by atoms with van der Waals surface area (Å²) in [6.45, 7) is 5.76. The number of benzene rings is 2. The molecule has 0 amide bonds. The zero-order valence-electron chi connectivity index (χ0n) is 15.4. The molecule has 0 N–H and O–H groups in total. The van der Waals surface area contributed by atoms with Crippen LogP contribution in [0.5, 0.6) is 0 Å². The van der Waals surface area contributed by atoms with Crippen molar-refractivity contribution in [2.45, 2.75) is 24.6 Å². The molecule has 0 fully saturated rings. The van der Waals surface area contributed by atoms with Crippen LogP contribution in [0, 0.1) is 0 Å². The molecule has 3 rings (SSSR count). The molecule has 2 aromatic carbocycles. The van der Waals surface area contributed by atoms with E-state index < -0.39 is 17.6 Å². The average molecular weight is 392 g/mol. The molecule has 28 heavy (non-hydrogen) atoms. The Labute approximate surface area is 168 Å². The fourth-order valence-electron chi connectivity index (χ4n) is 2.75. The quantitative estimate of drug-likeness (QED) is 0.393. The lowest BCUT2D eigenvalue weighted by atomic mass is 10.0. The average Bonchev–Trinajstić information content (AvgIpc) is 2.73. The Morgan fingerprint density at radius 1 is 1.14 bits per heavy atom.